The summed E-state index contributed by atoms with van der Waals surface area (Å²) in [6.45, 7) is 24.0. The molecule has 0 spiro atoms. The molecule has 1 aliphatic heterocycles. The van der Waals surface area contributed by atoms with Crippen molar-refractivity contribution in [3.05, 3.63) is 23.8 Å². The zero-order valence-electron chi connectivity index (χ0n) is 31.2. The predicted molar refractivity (Wildman–Crippen MR) is 185 cm³/mol. The molecule has 9 heteroatoms. The molecule has 3 saturated carbocycles. The fourth-order valence-electron chi connectivity index (χ4n) is 12.2. The molecule has 3 N–H and O–H groups in total. The predicted octanol–water partition coefficient (Wildman–Crippen LogP) is 7.04. The Labute approximate surface area is 288 Å². The van der Waals surface area contributed by atoms with E-state index >= 15 is 0 Å². The Morgan fingerprint density at radius 2 is 1.88 bits per heavy atom. The van der Waals surface area contributed by atoms with Crippen molar-refractivity contribution in [3.63, 3.8) is 0 Å². The van der Waals surface area contributed by atoms with E-state index < -0.39 is 17.4 Å². The van der Waals surface area contributed by atoms with Crippen LogP contribution in [0.1, 0.15) is 120 Å². The number of carbonyl (C=O) groups is 1. The van der Waals surface area contributed by atoms with Gasteiger partial charge in [-0.3, -0.25) is 9.36 Å². The van der Waals surface area contributed by atoms with Gasteiger partial charge in [-0.2, -0.15) is 5.26 Å². The summed E-state index contributed by atoms with van der Waals surface area (Å²) in [7, 11) is 0. The van der Waals surface area contributed by atoms with Gasteiger partial charge < -0.3 is 20.3 Å². The highest BCUT2D eigenvalue weighted by Crippen LogP contribution is 2.75. The van der Waals surface area contributed by atoms with Gasteiger partial charge in [0.15, 0.2) is 0 Å². The molecule has 6 rings (SSSR count). The molecule has 1 aromatic rings. The van der Waals surface area contributed by atoms with E-state index in [2.05, 4.69) is 91.6 Å². The minimum Gasteiger partial charge on any atom is -0.481 e. The van der Waals surface area contributed by atoms with Gasteiger partial charge >= 0.3 is 5.97 Å². The Kier molecular flexibility index (Phi) is 8.61. The van der Waals surface area contributed by atoms with Crippen LogP contribution in [0.3, 0.4) is 0 Å². The minimum absolute atomic E-state index is 0.167. The second-order valence-electron chi connectivity index (χ2n) is 18.7. The monoisotopic (exact) mass is 663 g/mol. The maximum atomic E-state index is 13.4. The summed E-state index contributed by atoms with van der Waals surface area (Å²) < 4.78 is 15.6. The lowest BCUT2D eigenvalue weighted by molar-refractivity contribution is -0.251. The molecule has 1 saturated heterocycles. The molecule has 4 aliphatic carbocycles. The summed E-state index contributed by atoms with van der Waals surface area (Å²) in [4.78, 5) is 13.4. The Bertz CT molecular complexity index is 1490. The first-order chi connectivity index (χ1) is 22.3. The number of nitrogens with two attached hydrogens (primary N) is 1. The van der Waals surface area contributed by atoms with Crippen LogP contribution in [0.2, 0.25) is 0 Å². The van der Waals surface area contributed by atoms with Crippen LogP contribution in [-0.2, 0) is 14.3 Å². The summed E-state index contributed by atoms with van der Waals surface area (Å²) in [5.74, 6) is 0.755. The number of hydrogen-bond acceptors (Lipinski definition) is 7. The molecule has 48 heavy (non-hydrogen) atoms. The average molecular weight is 664 g/mol. The lowest BCUT2D eigenvalue weighted by Gasteiger charge is -2.71. The SMILES string of the molecule is CC(C)[C@@H](C)[C@@]1(C)CC[C@]2(C)[C@H]3CC[C@@H]4[C@@]5(COC[C@@]4(C)[C@@H](OC[C@](C)(N)C(C)C)[C@H](n4cnnc4C#N)C5)C3=CC[C@@]2(C)[C@@H]1C(=O)O. The maximum Gasteiger partial charge on any atom is 0.307 e. The highest BCUT2D eigenvalue weighted by molar-refractivity contribution is 5.73. The Hall–Kier alpha value is -2.28. The van der Waals surface area contributed by atoms with Gasteiger partial charge in [-0.05, 0) is 91.3 Å². The molecule has 5 aliphatic rings. The van der Waals surface area contributed by atoms with E-state index in [1.54, 1.807) is 6.33 Å². The summed E-state index contributed by atoms with van der Waals surface area (Å²) in [5, 5.41) is 29.5. The minimum atomic E-state index is -0.640. The van der Waals surface area contributed by atoms with Crippen molar-refractivity contribution in [2.24, 2.45) is 68.3 Å². The van der Waals surface area contributed by atoms with Crippen molar-refractivity contribution in [2.45, 2.75) is 125 Å². The zero-order chi connectivity index (χ0) is 35.2. The summed E-state index contributed by atoms with van der Waals surface area (Å²) in [6, 6.07) is 2.11. The quantitative estimate of drug-likeness (QED) is 0.283. The second-order valence-corrected chi connectivity index (χ2v) is 18.7. The third-order valence-electron chi connectivity index (χ3n) is 16.0. The highest BCUT2D eigenvalue weighted by atomic mass is 16.5. The number of ether oxygens (including phenoxy) is 2. The van der Waals surface area contributed by atoms with Crippen LogP contribution in [-0.4, -0.2) is 57.3 Å². The zero-order valence-corrected chi connectivity index (χ0v) is 31.2. The first-order valence-corrected chi connectivity index (χ1v) is 18.6. The highest BCUT2D eigenvalue weighted by Gasteiger charge is 2.72. The van der Waals surface area contributed by atoms with Crippen molar-refractivity contribution >= 4 is 5.97 Å². The van der Waals surface area contributed by atoms with E-state index in [0.29, 0.717) is 43.4 Å². The molecule has 1 aromatic heterocycles. The van der Waals surface area contributed by atoms with E-state index in [-0.39, 0.29) is 51.1 Å². The molecule has 4 fully saturated rings. The number of hydrogen-bond donors (Lipinski definition) is 2. The smallest absolute Gasteiger partial charge is 0.307 e. The van der Waals surface area contributed by atoms with Crippen LogP contribution in [0.4, 0.5) is 0 Å². The normalized spacial score (nSPS) is 44.1. The fraction of sp³-hybridized carbons (Fsp3) is 0.846. The summed E-state index contributed by atoms with van der Waals surface area (Å²) in [5.41, 5.74) is 6.31. The van der Waals surface area contributed by atoms with Gasteiger partial charge in [-0.1, -0.05) is 74.0 Å². The number of aromatic nitrogens is 3. The molecule has 12 atom stereocenters. The van der Waals surface area contributed by atoms with Gasteiger partial charge in [0.05, 0.1) is 37.9 Å². The van der Waals surface area contributed by atoms with E-state index in [1.165, 1.54) is 5.57 Å². The lowest BCUT2D eigenvalue weighted by Crippen LogP contribution is -2.69. The molecule has 0 amide bonds. The van der Waals surface area contributed by atoms with Gasteiger partial charge in [0.2, 0.25) is 5.82 Å². The molecule has 2 heterocycles. The first kappa shape index (κ1) is 35.5. The van der Waals surface area contributed by atoms with E-state index in [1.807, 2.05) is 4.57 Å². The van der Waals surface area contributed by atoms with Crippen LogP contribution >= 0.6 is 0 Å². The standard InChI is InChI=1S/C39H61N5O4/c1-23(2)25(5)34(6)15-16-36(8)26-11-12-29-35(7)19-47-21-39(29,27(26)13-14-37(36,9)31(34)33(45)46)17-28(44-22-42-43-30(44)18-40)32(35)48-20-38(10,41)24(3)4/h13,22-26,28-29,31-32H,11-12,14-17,19-21,41H2,1-10H3,(H,45,46)/t25-,26+,28-,29+,31-,32+,34-,35-,36-,37+,38+,39+/m1/s1. The third-order valence-corrected chi connectivity index (χ3v) is 16.0. The number of nitriles is 1. The molecular weight excluding hydrogens is 602 g/mol. The van der Waals surface area contributed by atoms with Crippen LogP contribution in [0.25, 0.3) is 0 Å². The van der Waals surface area contributed by atoms with E-state index in [4.69, 9.17) is 15.2 Å². The van der Waals surface area contributed by atoms with Gasteiger partial charge in [-0.25, -0.2) is 0 Å². The maximum absolute atomic E-state index is 13.4. The van der Waals surface area contributed by atoms with Crippen LogP contribution in [0, 0.1) is 73.9 Å². The second kappa shape index (κ2) is 11.6. The number of allylic oxidation sites excluding steroid dienone is 1. The van der Waals surface area contributed by atoms with Crippen molar-refractivity contribution in [2.75, 3.05) is 19.8 Å². The number of fused-ring (bicyclic) bond motifs is 3. The topological polar surface area (TPSA) is 136 Å². The summed E-state index contributed by atoms with van der Waals surface area (Å²) in [6.07, 6.45) is 9.45. The number of carboxylic acid groups (broad SMARTS) is 1. The van der Waals surface area contributed by atoms with Crippen LogP contribution in [0.15, 0.2) is 18.0 Å². The molecule has 0 unspecified atom stereocenters. The Balaban J connectivity index is 1.46. The number of rotatable bonds is 8. The van der Waals surface area contributed by atoms with Gasteiger partial charge in [0, 0.05) is 16.4 Å². The van der Waals surface area contributed by atoms with Gasteiger partial charge in [0.25, 0.3) is 0 Å². The largest absolute Gasteiger partial charge is 0.481 e. The number of carboxylic acids is 1. The van der Waals surface area contributed by atoms with E-state index in [9.17, 15) is 15.2 Å². The lowest BCUT2D eigenvalue weighted by atomic mass is 9.34. The number of aliphatic carboxylic acids is 1. The average Bonchev–Trinajstić information content (AvgIpc) is 3.49. The third kappa shape index (κ3) is 4.74. The fourth-order valence-corrected chi connectivity index (χ4v) is 12.2. The first-order valence-electron chi connectivity index (χ1n) is 18.6. The molecule has 266 valence electrons. The Morgan fingerprint density at radius 1 is 1.17 bits per heavy atom. The van der Waals surface area contributed by atoms with Gasteiger partial charge in [0.1, 0.15) is 12.4 Å². The molecule has 9 nitrogen and oxygen atoms in total. The van der Waals surface area contributed by atoms with Crippen molar-refractivity contribution in [1.82, 2.24) is 14.8 Å². The van der Waals surface area contributed by atoms with E-state index in [0.717, 1.165) is 38.5 Å². The number of nitrogens with zero attached hydrogens (tertiary/aromatic N) is 4. The Morgan fingerprint density at radius 3 is 2.50 bits per heavy atom. The van der Waals surface area contributed by atoms with Crippen molar-refractivity contribution in [1.29, 1.82) is 5.26 Å². The summed E-state index contributed by atoms with van der Waals surface area (Å²) >= 11 is 0. The molecule has 0 radical (unpaired) electrons. The van der Waals surface area contributed by atoms with Crippen molar-refractivity contribution < 1.29 is 19.4 Å². The van der Waals surface area contributed by atoms with Crippen LogP contribution < -0.4 is 5.73 Å². The van der Waals surface area contributed by atoms with Crippen LogP contribution in [0.5, 0.6) is 0 Å². The van der Waals surface area contributed by atoms with Crippen molar-refractivity contribution in [3.8, 4) is 6.07 Å². The molecule has 0 aromatic carbocycles. The van der Waals surface area contributed by atoms with Gasteiger partial charge in [-0.15, -0.1) is 10.2 Å². The molecule has 2 bridgehead atoms. The molecular formula is C39H61N5O4.